The third-order valence-corrected chi connectivity index (χ3v) is 4.92. The van der Waals surface area contributed by atoms with Gasteiger partial charge in [-0.15, -0.1) is 0 Å². The van der Waals surface area contributed by atoms with Gasteiger partial charge in [0.2, 0.25) is 0 Å². The number of urea groups is 1. The number of hydrogen-bond acceptors (Lipinski definition) is 3. The van der Waals surface area contributed by atoms with Gasteiger partial charge in [0.25, 0.3) is 0 Å². The molecule has 1 aliphatic rings. The van der Waals surface area contributed by atoms with E-state index in [1.807, 2.05) is 59.4 Å². The summed E-state index contributed by atoms with van der Waals surface area (Å²) in [5.74, 6) is 0.515. The first kappa shape index (κ1) is 16.6. The van der Waals surface area contributed by atoms with Crippen LogP contribution in [0.5, 0.6) is 0 Å². The molecule has 4 rings (SSSR count). The highest BCUT2D eigenvalue weighted by Gasteiger charge is 2.28. The van der Waals surface area contributed by atoms with Gasteiger partial charge in [-0.3, -0.25) is 0 Å². The summed E-state index contributed by atoms with van der Waals surface area (Å²) >= 11 is 0. The number of fused-ring (bicyclic) bond motifs is 1. The molecule has 1 heterocycles. The molecule has 2 N–H and O–H groups in total. The van der Waals surface area contributed by atoms with Crippen molar-refractivity contribution < 1.29 is 9.53 Å². The van der Waals surface area contributed by atoms with Crippen LogP contribution in [0.1, 0.15) is 12.8 Å². The molecule has 1 aromatic heterocycles. The summed E-state index contributed by atoms with van der Waals surface area (Å²) in [4.78, 5) is 12.0. The predicted octanol–water partition coefficient (Wildman–Crippen LogP) is 3.57. The van der Waals surface area contributed by atoms with E-state index >= 15 is 0 Å². The molecule has 134 valence electrons. The van der Waals surface area contributed by atoms with E-state index in [1.54, 1.807) is 7.11 Å². The van der Waals surface area contributed by atoms with Crippen LogP contribution in [0.2, 0.25) is 0 Å². The van der Waals surface area contributed by atoms with Crippen LogP contribution >= 0.6 is 0 Å². The quantitative estimate of drug-likeness (QED) is 0.739. The summed E-state index contributed by atoms with van der Waals surface area (Å²) in [6, 6.07) is 15.6. The zero-order chi connectivity index (χ0) is 17.9. The normalized spacial score (nSPS) is 19.1. The Morgan fingerprint density at radius 3 is 2.73 bits per heavy atom. The highest BCUT2D eigenvalue weighted by molar-refractivity contribution is 5.89. The Bertz CT molecular complexity index is 898. The first-order valence-corrected chi connectivity index (χ1v) is 8.84. The van der Waals surface area contributed by atoms with Crippen LogP contribution in [0.3, 0.4) is 0 Å². The van der Waals surface area contributed by atoms with Crippen molar-refractivity contribution in [3.05, 3.63) is 54.7 Å². The molecule has 26 heavy (non-hydrogen) atoms. The molecule has 0 aliphatic heterocycles. The maximum atomic E-state index is 12.0. The molecule has 3 aromatic rings. The zero-order valence-electron chi connectivity index (χ0n) is 14.7. The number of rotatable bonds is 5. The molecule has 1 saturated carbocycles. The van der Waals surface area contributed by atoms with Gasteiger partial charge >= 0.3 is 6.03 Å². The average Bonchev–Trinajstić information content (AvgIpc) is 3.05. The van der Waals surface area contributed by atoms with Crippen molar-refractivity contribution in [1.82, 2.24) is 15.1 Å². The monoisotopic (exact) mass is 350 g/mol. The number of amides is 2. The fraction of sp³-hybridized carbons (Fsp3) is 0.300. The molecular weight excluding hydrogens is 328 g/mol. The lowest BCUT2D eigenvalue weighted by molar-refractivity contribution is 0.00255. The number of carbonyl (C=O) groups is 1. The van der Waals surface area contributed by atoms with Crippen LogP contribution in [0.25, 0.3) is 16.6 Å². The molecule has 0 radical (unpaired) electrons. The molecule has 1 fully saturated rings. The Hall–Kier alpha value is -2.86. The standard InChI is InChI=1S/C20H22N4O2/c1-26-18-10-14(11-18)12-21-20(25)23-16-6-8-17(9-7-16)24-19-5-3-2-4-15(19)13-22-24/h2-9,13-14,18H,10-12H2,1H3,(H2,21,23,25). The number of hydrogen-bond donors (Lipinski definition) is 2. The molecule has 0 bridgehead atoms. The van der Waals surface area contributed by atoms with Crippen LogP contribution in [-0.4, -0.2) is 35.6 Å². The van der Waals surface area contributed by atoms with E-state index in [0.717, 1.165) is 35.1 Å². The van der Waals surface area contributed by atoms with E-state index in [-0.39, 0.29) is 6.03 Å². The Balaban J connectivity index is 1.35. The number of anilines is 1. The first-order valence-electron chi connectivity index (χ1n) is 8.84. The second-order valence-electron chi connectivity index (χ2n) is 6.69. The third-order valence-electron chi connectivity index (χ3n) is 4.92. The van der Waals surface area contributed by atoms with Gasteiger partial charge in [-0.25, -0.2) is 9.48 Å². The Morgan fingerprint density at radius 1 is 1.19 bits per heavy atom. The lowest BCUT2D eigenvalue weighted by Gasteiger charge is -2.34. The van der Waals surface area contributed by atoms with Crippen molar-refractivity contribution in [2.45, 2.75) is 18.9 Å². The number of carbonyl (C=O) groups excluding carboxylic acids is 1. The molecule has 6 nitrogen and oxygen atoms in total. The zero-order valence-corrected chi connectivity index (χ0v) is 14.7. The molecule has 0 unspecified atom stereocenters. The smallest absolute Gasteiger partial charge is 0.319 e. The van der Waals surface area contributed by atoms with Gasteiger partial charge in [0.15, 0.2) is 0 Å². The number of methoxy groups -OCH3 is 1. The Morgan fingerprint density at radius 2 is 1.96 bits per heavy atom. The molecule has 0 atom stereocenters. The second-order valence-corrected chi connectivity index (χ2v) is 6.69. The molecule has 6 heteroatoms. The van der Waals surface area contributed by atoms with Gasteiger partial charge in [0, 0.05) is 24.7 Å². The topological polar surface area (TPSA) is 68.2 Å². The van der Waals surface area contributed by atoms with Gasteiger partial charge < -0.3 is 15.4 Å². The summed E-state index contributed by atoms with van der Waals surface area (Å²) in [6.07, 6.45) is 4.24. The van der Waals surface area contributed by atoms with E-state index in [4.69, 9.17) is 4.74 Å². The summed E-state index contributed by atoms with van der Waals surface area (Å²) in [7, 11) is 1.73. The lowest BCUT2D eigenvalue weighted by Crippen LogP contribution is -2.40. The number of para-hydroxylation sites is 1. The second kappa shape index (κ2) is 7.17. The van der Waals surface area contributed by atoms with E-state index < -0.39 is 0 Å². The summed E-state index contributed by atoms with van der Waals surface area (Å²) in [5.41, 5.74) is 2.77. The van der Waals surface area contributed by atoms with Gasteiger partial charge in [-0.2, -0.15) is 5.10 Å². The minimum atomic E-state index is -0.178. The van der Waals surface area contributed by atoms with Crippen LogP contribution in [0.4, 0.5) is 10.5 Å². The van der Waals surface area contributed by atoms with Gasteiger partial charge in [0.1, 0.15) is 0 Å². The highest BCUT2D eigenvalue weighted by atomic mass is 16.5. The molecular formula is C20H22N4O2. The van der Waals surface area contributed by atoms with E-state index in [9.17, 15) is 4.79 Å². The fourth-order valence-corrected chi connectivity index (χ4v) is 3.31. The Kier molecular flexibility index (Phi) is 4.58. The van der Waals surface area contributed by atoms with Gasteiger partial charge in [-0.1, -0.05) is 18.2 Å². The van der Waals surface area contributed by atoms with Crippen molar-refractivity contribution >= 4 is 22.6 Å². The van der Waals surface area contributed by atoms with E-state index in [2.05, 4.69) is 15.7 Å². The summed E-state index contributed by atoms with van der Waals surface area (Å²) in [5, 5.41) is 11.3. The highest BCUT2D eigenvalue weighted by Crippen LogP contribution is 2.28. The summed E-state index contributed by atoms with van der Waals surface area (Å²) < 4.78 is 7.14. The number of benzene rings is 2. The van der Waals surface area contributed by atoms with Crippen LogP contribution in [-0.2, 0) is 4.74 Å². The van der Waals surface area contributed by atoms with Crippen molar-refractivity contribution in [2.24, 2.45) is 5.92 Å². The minimum Gasteiger partial charge on any atom is -0.381 e. The third kappa shape index (κ3) is 3.41. The van der Waals surface area contributed by atoms with Gasteiger partial charge in [-0.05, 0) is 49.1 Å². The van der Waals surface area contributed by atoms with Crippen LogP contribution < -0.4 is 10.6 Å². The van der Waals surface area contributed by atoms with E-state index in [1.165, 1.54) is 0 Å². The van der Waals surface area contributed by atoms with Crippen LogP contribution in [0, 0.1) is 5.92 Å². The molecule has 0 saturated heterocycles. The molecule has 1 aliphatic carbocycles. The molecule has 0 spiro atoms. The summed E-state index contributed by atoms with van der Waals surface area (Å²) in [6.45, 7) is 0.684. The Labute approximate surface area is 152 Å². The van der Waals surface area contributed by atoms with Gasteiger partial charge in [0.05, 0.1) is 23.5 Å². The molecule has 2 aromatic carbocycles. The van der Waals surface area contributed by atoms with Crippen molar-refractivity contribution in [3.8, 4) is 5.69 Å². The maximum Gasteiger partial charge on any atom is 0.319 e. The minimum absolute atomic E-state index is 0.178. The SMILES string of the molecule is COC1CC(CNC(=O)Nc2ccc(-n3ncc4ccccc43)cc2)C1. The number of aromatic nitrogens is 2. The largest absolute Gasteiger partial charge is 0.381 e. The van der Waals surface area contributed by atoms with Crippen molar-refractivity contribution in [1.29, 1.82) is 0 Å². The van der Waals surface area contributed by atoms with Crippen LogP contribution in [0.15, 0.2) is 54.7 Å². The van der Waals surface area contributed by atoms with Crippen molar-refractivity contribution in [2.75, 3.05) is 19.0 Å². The first-order chi connectivity index (χ1) is 12.7. The predicted molar refractivity (Wildman–Crippen MR) is 102 cm³/mol. The average molecular weight is 350 g/mol. The lowest BCUT2D eigenvalue weighted by atomic mass is 9.82. The van der Waals surface area contributed by atoms with E-state index in [0.29, 0.717) is 18.6 Å². The van der Waals surface area contributed by atoms with Crippen molar-refractivity contribution in [3.63, 3.8) is 0 Å². The number of ether oxygens (including phenoxy) is 1. The number of nitrogens with one attached hydrogen (secondary N) is 2. The molecule has 2 amide bonds. The fourth-order valence-electron chi connectivity index (χ4n) is 3.31. The number of nitrogens with zero attached hydrogens (tertiary/aromatic N) is 2. The maximum absolute atomic E-state index is 12.0.